The lowest BCUT2D eigenvalue weighted by atomic mass is 10.0. The molecule has 0 aliphatic rings. The van der Waals surface area contributed by atoms with Gasteiger partial charge in [-0.05, 0) is 13.3 Å². The van der Waals surface area contributed by atoms with Crippen molar-refractivity contribution >= 4 is 11.9 Å². The Hall–Kier alpha value is -1.62. The van der Waals surface area contributed by atoms with Crippen LogP contribution in [-0.2, 0) is 19.1 Å². The van der Waals surface area contributed by atoms with E-state index < -0.39 is 12.1 Å². The summed E-state index contributed by atoms with van der Waals surface area (Å²) in [6.45, 7) is 12.1. The van der Waals surface area contributed by atoms with E-state index in [0.717, 1.165) is 0 Å². The highest BCUT2D eigenvalue weighted by molar-refractivity contribution is 5.73. The summed E-state index contributed by atoms with van der Waals surface area (Å²) < 4.78 is 10.7. The number of esters is 1. The third-order valence-electron chi connectivity index (χ3n) is 2.45. The molecular formula is C14H23NO4. The molecule has 0 saturated carbocycles. The molecule has 5 nitrogen and oxygen atoms in total. The van der Waals surface area contributed by atoms with Gasteiger partial charge >= 0.3 is 5.97 Å². The topological polar surface area (TPSA) is 64.6 Å². The van der Waals surface area contributed by atoms with Crippen molar-refractivity contribution in [3.8, 4) is 0 Å². The van der Waals surface area contributed by atoms with Crippen LogP contribution in [0, 0.1) is 0 Å². The highest BCUT2D eigenvalue weighted by Gasteiger charge is 2.30. The Bertz CT molecular complexity index is 327. The molecule has 19 heavy (non-hydrogen) atoms. The molecule has 1 N–H and O–H groups in total. The number of hydrogen-bond donors (Lipinski definition) is 1. The number of amides is 1. The molecule has 0 bridgehead atoms. The van der Waals surface area contributed by atoms with Gasteiger partial charge in [0, 0.05) is 13.8 Å². The van der Waals surface area contributed by atoms with Crippen LogP contribution < -0.4 is 5.32 Å². The second kappa shape index (κ2) is 9.33. The lowest BCUT2D eigenvalue weighted by molar-refractivity contribution is -0.157. The first-order chi connectivity index (χ1) is 8.92. The van der Waals surface area contributed by atoms with Gasteiger partial charge in [-0.3, -0.25) is 9.59 Å². The summed E-state index contributed by atoms with van der Waals surface area (Å²) in [6, 6.07) is -0.362. The van der Waals surface area contributed by atoms with E-state index in [1.807, 2.05) is 0 Å². The fraction of sp³-hybridized carbons (Fsp3) is 0.571. The van der Waals surface area contributed by atoms with Gasteiger partial charge < -0.3 is 14.8 Å². The van der Waals surface area contributed by atoms with Crippen LogP contribution >= 0.6 is 0 Å². The number of hydrogen-bond acceptors (Lipinski definition) is 4. The first kappa shape index (κ1) is 17.4. The van der Waals surface area contributed by atoms with E-state index in [2.05, 4.69) is 18.5 Å². The third kappa shape index (κ3) is 7.41. The highest BCUT2D eigenvalue weighted by atomic mass is 16.6. The van der Waals surface area contributed by atoms with Crippen molar-refractivity contribution in [1.29, 1.82) is 0 Å². The van der Waals surface area contributed by atoms with Gasteiger partial charge in [0.15, 0.2) is 0 Å². The van der Waals surface area contributed by atoms with Crippen molar-refractivity contribution in [3.05, 3.63) is 25.3 Å². The lowest BCUT2D eigenvalue weighted by Gasteiger charge is -2.30. The summed E-state index contributed by atoms with van der Waals surface area (Å²) in [5.74, 6) is -0.613. The van der Waals surface area contributed by atoms with Crippen molar-refractivity contribution in [2.75, 3.05) is 6.61 Å². The zero-order valence-corrected chi connectivity index (χ0v) is 11.8. The first-order valence-corrected chi connectivity index (χ1v) is 6.20. The molecule has 0 saturated heterocycles. The molecular weight excluding hydrogens is 246 g/mol. The van der Waals surface area contributed by atoms with Crippen molar-refractivity contribution < 1.29 is 19.1 Å². The molecule has 108 valence electrons. The minimum Gasteiger partial charge on any atom is -0.458 e. The van der Waals surface area contributed by atoms with Crippen LogP contribution in [0.25, 0.3) is 0 Å². The summed E-state index contributed by atoms with van der Waals surface area (Å²) >= 11 is 0. The molecule has 0 aromatic rings. The van der Waals surface area contributed by atoms with Crippen molar-refractivity contribution in [2.24, 2.45) is 0 Å². The molecule has 0 rings (SSSR count). The molecule has 0 spiro atoms. The van der Waals surface area contributed by atoms with Crippen molar-refractivity contribution in [3.63, 3.8) is 0 Å². The highest BCUT2D eigenvalue weighted by Crippen LogP contribution is 2.13. The largest absolute Gasteiger partial charge is 0.458 e. The quantitative estimate of drug-likeness (QED) is 0.510. The van der Waals surface area contributed by atoms with Gasteiger partial charge in [-0.1, -0.05) is 12.2 Å². The van der Waals surface area contributed by atoms with Gasteiger partial charge in [-0.2, -0.15) is 0 Å². The Morgan fingerprint density at radius 2 is 1.89 bits per heavy atom. The van der Waals surface area contributed by atoms with Gasteiger partial charge in [0.2, 0.25) is 5.91 Å². The molecule has 0 radical (unpaired) electrons. The summed E-state index contributed by atoms with van der Waals surface area (Å²) in [4.78, 5) is 22.4. The van der Waals surface area contributed by atoms with E-state index in [1.165, 1.54) is 13.8 Å². The Morgan fingerprint density at radius 3 is 2.32 bits per heavy atom. The number of nitrogens with one attached hydrogen (secondary N) is 1. The fourth-order valence-corrected chi connectivity index (χ4v) is 1.73. The zero-order chi connectivity index (χ0) is 14.8. The number of carbonyl (C=O) groups is 2. The molecule has 0 unspecified atom stereocenters. The van der Waals surface area contributed by atoms with E-state index in [-0.39, 0.29) is 18.1 Å². The minimum atomic E-state index is -0.570. The van der Waals surface area contributed by atoms with E-state index >= 15 is 0 Å². The van der Waals surface area contributed by atoms with Crippen LogP contribution in [-0.4, -0.2) is 36.7 Å². The van der Waals surface area contributed by atoms with Crippen molar-refractivity contribution in [1.82, 2.24) is 5.32 Å². The molecule has 0 aliphatic carbocycles. The molecule has 0 heterocycles. The molecule has 5 heteroatoms. The minimum absolute atomic E-state index is 0.195. The summed E-state index contributed by atoms with van der Waals surface area (Å²) in [7, 11) is 0. The molecule has 0 aromatic heterocycles. The maximum Gasteiger partial charge on any atom is 0.303 e. The monoisotopic (exact) mass is 269 g/mol. The normalized spacial score (nSPS) is 14.9. The number of carbonyl (C=O) groups excluding carboxylic acids is 2. The number of ether oxygens (including phenoxy) is 2. The van der Waals surface area contributed by atoms with E-state index in [0.29, 0.717) is 13.0 Å². The van der Waals surface area contributed by atoms with E-state index in [4.69, 9.17) is 9.47 Å². The van der Waals surface area contributed by atoms with E-state index in [9.17, 15) is 9.59 Å². The molecule has 1 amide bonds. The fourth-order valence-electron chi connectivity index (χ4n) is 1.73. The molecule has 0 aromatic carbocycles. The summed E-state index contributed by atoms with van der Waals surface area (Å²) in [6.07, 6.45) is 2.83. The average molecular weight is 269 g/mol. The Labute approximate surface area is 114 Å². The Kier molecular flexibility index (Phi) is 8.53. The summed E-state index contributed by atoms with van der Waals surface area (Å²) in [5, 5.41) is 2.75. The average Bonchev–Trinajstić information content (AvgIpc) is 2.31. The second-order valence-electron chi connectivity index (χ2n) is 4.23. The van der Waals surface area contributed by atoms with Gasteiger partial charge in [0.05, 0.1) is 18.8 Å². The van der Waals surface area contributed by atoms with Crippen LogP contribution in [0.5, 0.6) is 0 Å². The predicted molar refractivity (Wildman–Crippen MR) is 73.6 cm³/mol. The smallest absolute Gasteiger partial charge is 0.303 e. The first-order valence-electron chi connectivity index (χ1n) is 6.20. The SMILES string of the molecule is C=CCO[C@@H](C)[C@@H](OC(C)=O)[C@H](CC=C)NC(C)=O. The van der Waals surface area contributed by atoms with Crippen LogP contribution in [0.1, 0.15) is 27.2 Å². The van der Waals surface area contributed by atoms with Gasteiger partial charge in [-0.15, -0.1) is 13.2 Å². The summed E-state index contributed by atoms with van der Waals surface area (Å²) in [5.41, 5.74) is 0. The lowest BCUT2D eigenvalue weighted by Crippen LogP contribution is -2.49. The standard InChI is InChI=1S/C14H23NO4/c1-6-8-13(15-11(4)16)14(19-12(5)17)10(3)18-9-7-2/h6-7,10,13-14H,1-2,8-9H2,3-5H3,(H,15,16)/t10-,13-,14+/m0/s1. The van der Waals surface area contributed by atoms with Gasteiger partial charge in [0.1, 0.15) is 6.10 Å². The number of rotatable bonds is 9. The Balaban J connectivity index is 4.91. The van der Waals surface area contributed by atoms with Gasteiger partial charge in [-0.25, -0.2) is 0 Å². The maximum absolute atomic E-state index is 11.2. The van der Waals surface area contributed by atoms with Crippen molar-refractivity contribution in [2.45, 2.75) is 45.4 Å². The van der Waals surface area contributed by atoms with Gasteiger partial charge in [0.25, 0.3) is 0 Å². The molecule has 3 atom stereocenters. The predicted octanol–water partition coefficient (Wildman–Crippen LogP) is 1.59. The molecule has 0 fully saturated rings. The second-order valence-corrected chi connectivity index (χ2v) is 4.23. The van der Waals surface area contributed by atoms with Crippen LogP contribution in [0.2, 0.25) is 0 Å². The van der Waals surface area contributed by atoms with Crippen LogP contribution in [0.4, 0.5) is 0 Å². The molecule has 0 aliphatic heterocycles. The maximum atomic E-state index is 11.2. The Morgan fingerprint density at radius 1 is 1.26 bits per heavy atom. The third-order valence-corrected chi connectivity index (χ3v) is 2.45. The van der Waals surface area contributed by atoms with E-state index in [1.54, 1.807) is 19.1 Å². The van der Waals surface area contributed by atoms with Crippen LogP contribution in [0.3, 0.4) is 0 Å². The van der Waals surface area contributed by atoms with Crippen LogP contribution in [0.15, 0.2) is 25.3 Å². The zero-order valence-electron chi connectivity index (χ0n) is 11.8.